The highest BCUT2D eigenvalue weighted by atomic mass is 16.6. The molecular weight excluding hydrogens is 142 g/mol. The van der Waals surface area contributed by atoms with Gasteiger partial charge >= 0.3 is 0 Å². The highest BCUT2D eigenvalue weighted by Crippen LogP contribution is 2.20. The average molecular weight is 152 g/mol. The third kappa shape index (κ3) is 1.90. The van der Waals surface area contributed by atoms with E-state index in [0.29, 0.717) is 12.8 Å². The summed E-state index contributed by atoms with van der Waals surface area (Å²) in [5.74, 6) is 0. The SMILES string of the molecule is [CH]=CC1=CCCC([N+](=O)[O-])C1. The van der Waals surface area contributed by atoms with Crippen molar-refractivity contribution in [2.24, 2.45) is 0 Å². The van der Waals surface area contributed by atoms with Gasteiger partial charge in [0, 0.05) is 17.8 Å². The first-order valence-electron chi connectivity index (χ1n) is 3.61. The molecule has 11 heavy (non-hydrogen) atoms. The summed E-state index contributed by atoms with van der Waals surface area (Å²) >= 11 is 0. The molecule has 0 saturated heterocycles. The number of hydrogen-bond donors (Lipinski definition) is 0. The summed E-state index contributed by atoms with van der Waals surface area (Å²) in [7, 11) is 0. The molecule has 0 aromatic heterocycles. The first kappa shape index (κ1) is 7.98. The normalized spacial score (nSPS) is 24.0. The van der Waals surface area contributed by atoms with Gasteiger partial charge in [-0.15, -0.1) is 0 Å². The van der Waals surface area contributed by atoms with E-state index in [9.17, 15) is 10.1 Å². The summed E-state index contributed by atoms with van der Waals surface area (Å²) in [6.07, 6.45) is 5.32. The molecule has 3 nitrogen and oxygen atoms in total. The Labute approximate surface area is 65.6 Å². The predicted octanol–water partition coefficient (Wildman–Crippen LogP) is 1.73. The Bertz CT molecular complexity index is 208. The van der Waals surface area contributed by atoms with Gasteiger partial charge in [0.25, 0.3) is 0 Å². The van der Waals surface area contributed by atoms with Crippen molar-refractivity contribution in [1.82, 2.24) is 0 Å². The summed E-state index contributed by atoms with van der Waals surface area (Å²) in [6, 6.07) is -0.421. The van der Waals surface area contributed by atoms with Crippen molar-refractivity contribution in [2.45, 2.75) is 25.3 Å². The van der Waals surface area contributed by atoms with Gasteiger partial charge in [-0.2, -0.15) is 0 Å². The van der Waals surface area contributed by atoms with E-state index in [1.54, 1.807) is 0 Å². The number of nitro groups is 1. The Morgan fingerprint density at radius 2 is 2.55 bits per heavy atom. The Hall–Kier alpha value is -1.12. The van der Waals surface area contributed by atoms with Gasteiger partial charge in [-0.05, 0) is 12.0 Å². The maximum atomic E-state index is 10.3. The van der Waals surface area contributed by atoms with E-state index >= 15 is 0 Å². The summed E-state index contributed by atoms with van der Waals surface area (Å²) < 4.78 is 0. The van der Waals surface area contributed by atoms with Crippen molar-refractivity contribution in [2.75, 3.05) is 0 Å². The molecule has 0 saturated carbocycles. The molecule has 1 aliphatic carbocycles. The molecule has 1 unspecified atom stereocenters. The fourth-order valence-electron chi connectivity index (χ4n) is 1.23. The minimum atomic E-state index is -0.421. The van der Waals surface area contributed by atoms with Gasteiger partial charge < -0.3 is 0 Å². The van der Waals surface area contributed by atoms with Crippen LogP contribution in [0, 0.1) is 16.7 Å². The molecule has 3 heteroatoms. The van der Waals surface area contributed by atoms with Crippen molar-refractivity contribution in [3.8, 4) is 0 Å². The molecule has 59 valence electrons. The molecule has 0 bridgehead atoms. The maximum Gasteiger partial charge on any atom is 0.217 e. The minimum absolute atomic E-state index is 0.226. The van der Waals surface area contributed by atoms with Crippen LogP contribution in [0.4, 0.5) is 0 Å². The van der Waals surface area contributed by atoms with Gasteiger partial charge in [0.05, 0.1) is 0 Å². The molecule has 0 aromatic carbocycles. The van der Waals surface area contributed by atoms with Crippen LogP contribution in [0.5, 0.6) is 0 Å². The lowest BCUT2D eigenvalue weighted by Gasteiger charge is -2.13. The molecule has 1 radical (unpaired) electrons. The average Bonchev–Trinajstić information content (AvgIpc) is 2.05. The summed E-state index contributed by atoms with van der Waals surface area (Å²) in [5.41, 5.74) is 0.901. The zero-order chi connectivity index (χ0) is 8.27. The summed E-state index contributed by atoms with van der Waals surface area (Å²) in [6.45, 7) is 5.25. The van der Waals surface area contributed by atoms with Crippen LogP contribution < -0.4 is 0 Å². The second-order valence-electron chi connectivity index (χ2n) is 2.67. The lowest BCUT2D eigenvalue weighted by Crippen LogP contribution is -2.21. The van der Waals surface area contributed by atoms with Crippen LogP contribution >= 0.6 is 0 Å². The predicted molar refractivity (Wildman–Crippen MR) is 41.6 cm³/mol. The second kappa shape index (κ2) is 3.32. The highest BCUT2D eigenvalue weighted by molar-refractivity contribution is 5.18. The molecule has 1 aliphatic rings. The lowest BCUT2D eigenvalue weighted by atomic mass is 9.95. The van der Waals surface area contributed by atoms with Crippen LogP contribution in [0.2, 0.25) is 0 Å². The van der Waals surface area contributed by atoms with Gasteiger partial charge in [0.15, 0.2) is 0 Å². The molecule has 0 aliphatic heterocycles. The Kier molecular flexibility index (Phi) is 2.41. The van der Waals surface area contributed by atoms with Crippen LogP contribution in [-0.2, 0) is 0 Å². The molecular formula is C8H10NO2. The lowest BCUT2D eigenvalue weighted by molar-refractivity contribution is -0.523. The van der Waals surface area contributed by atoms with Crippen LogP contribution in [0.15, 0.2) is 17.7 Å². The Morgan fingerprint density at radius 1 is 1.82 bits per heavy atom. The molecule has 0 spiro atoms. The zero-order valence-electron chi connectivity index (χ0n) is 6.19. The summed E-state index contributed by atoms with van der Waals surface area (Å²) in [4.78, 5) is 10.1. The highest BCUT2D eigenvalue weighted by Gasteiger charge is 2.22. The smallest absolute Gasteiger partial charge is 0.217 e. The van der Waals surface area contributed by atoms with Gasteiger partial charge in [-0.1, -0.05) is 18.7 Å². The first-order valence-corrected chi connectivity index (χ1v) is 3.61. The van der Waals surface area contributed by atoms with Crippen molar-refractivity contribution in [3.05, 3.63) is 34.4 Å². The topological polar surface area (TPSA) is 43.1 Å². The quantitative estimate of drug-likeness (QED) is 0.446. The van der Waals surface area contributed by atoms with E-state index in [1.807, 2.05) is 6.08 Å². The summed E-state index contributed by atoms with van der Waals surface area (Å²) in [5, 5.41) is 10.3. The fraction of sp³-hybridized carbons (Fsp3) is 0.500. The third-order valence-electron chi connectivity index (χ3n) is 1.89. The number of hydrogen-bond acceptors (Lipinski definition) is 2. The van der Waals surface area contributed by atoms with E-state index in [-0.39, 0.29) is 4.92 Å². The molecule has 0 heterocycles. The van der Waals surface area contributed by atoms with E-state index in [4.69, 9.17) is 6.58 Å². The van der Waals surface area contributed by atoms with Crippen LogP contribution in [0.25, 0.3) is 0 Å². The van der Waals surface area contributed by atoms with E-state index in [0.717, 1.165) is 12.0 Å². The Morgan fingerprint density at radius 3 is 3.09 bits per heavy atom. The molecule has 1 atom stereocenters. The van der Waals surface area contributed by atoms with Gasteiger partial charge in [0.1, 0.15) is 0 Å². The number of rotatable bonds is 2. The second-order valence-corrected chi connectivity index (χ2v) is 2.67. The largest absolute Gasteiger partial charge is 0.264 e. The minimum Gasteiger partial charge on any atom is -0.264 e. The standard InChI is InChI=1S/C8H10NO2/c1-2-7-4-3-5-8(6-7)9(10)11/h1-2,4,8H,3,5-6H2. The van der Waals surface area contributed by atoms with Crippen LogP contribution in [0.3, 0.4) is 0 Å². The van der Waals surface area contributed by atoms with Crippen molar-refractivity contribution < 1.29 is 4.92 Å². The number of nitrogens with zero attached hydrogens (tertiary/aromatic N) is 1. The van der Waals surface area contributed by atoms with Crippen molar-refractivity contribution >= 4 is 0 Å². The van der Waals surface area contributed by atoms with Crippen LogP contribution in [-0.4, -0.2) is 11.0 Å². The van der Waals surface area contributed by atoms with Gasteiger partial charge in [-0.25, -0.2) is 0 Å². The molecule has 1 rings (SSSR count). The van der Waals surface area contributed by atoms with E-state index in [2.05, 4.69) is 0 Å². The Balaban J connectivity index is 2.59. The fourth-order valence-corrected chi connectivity index (χ4v) is 1.23. The third-order valence-corrected chi connectivity index (χ3v) is 1.89. The monoisotopic (exact) mass is 152 g/mol. The van der Waals surface area contributed by atoms with Gasteiger partial charge in [-0.3, -0.25) is 10.1 Å². The van der Waals surface area contributed by atoms with Gasteiger partial charge in [0.2, 0.25) is 6.04 Å². The number of allylic oxidation sites excluding steroid dienone is 2. The molecule has 0 N–H and O–H groups in total. The van der Waals surface area contributed by atoms with Crippen molar-refractivity contribution in [1.29, 1.82) is 0 Å². The van der Waals surface area contributed by atoms with E-state index < -0.39 is 6.04 Å². The molecule has 0 aromatic rings. The zero-order valence-corrected chi connectivity index (χ0v) is 6.19. The van der Waals surface area contributed by atoms with Crippen LogP contribution in [0.1, 0.15) is 19.3 Å². The molecule has 0 amide bonds. The maximum absolute atomic E-state index is 10.3. The van der Waals surface area contributed by atoms with Crippen molar-refractivity contribution in [3.63, 3.8) is 0 Å². The first-order chi connectivity index (χ1) is 5.24. The molecule has 0 fully saturated rings. The van der Waals surface area contributed by atoms with E-state index in [1.165, 1.54) is 6.08 Å².